The maximum atomic E-state index is 2.33. The number of rotatable bonds is 5. The molecule has 0 saturated carbocycles. The lowest BCUT2D eigenvalue weighted by atomic mass is 9.96. The maximum absolute atomic E-state index is 2.33. The Morgan fingerprint density at radius 1 is 0.348 bits per heavy atom. The average Bonchev–Trinajstić information content (AvgIpc) is 3.52. The summed E-state index contributed by atoms with van der Waals surface area (Å²) in [6.45, 7) is 0. The van der Waals surface area contributed by atoms with E-state index in [1.165, 1.54) is 64.0 Å². The predicted octanol–water partition coefficient (Wildman–Crippen LogP) is 13.2. The SMILES string of the molecule is c1ccc(N(c2ccc(-c3ccc4ccccc4c3)cc2)c2ccc(-c3cccc4c3ccc3c5ccccc5sc43)cc2)cc1. The quantitative estimate of drug-likeness (QED) is 0.189. The molecule has 1 aromatic heterocycles. The van der Waals surface area contributed by atoms with Crippen LogP contribution in [0.1, 0.15) is 0 Å². The summed E-state index contributed by atoms with van der Waals surface area (Å²) in [6.07, 6.45) is 0. The smallest absolute Gasteiger partial charge is 0.0462 e. The van der Waals surface area contributed by atoms with Crippen LogP contribution in [0.3, 0.4) is 0 Å². The van der Waals surface area contributed by atoms with E-state index in [1.54, 1.807) is 0 Å². The van der Waals surface area contributed by atoms with E-state index in [-0.39, 0.29) is 0 Å². The van der Waals surface area contributed by atoms with Crippen molar-refractivity contribution < 1.29 is 0 Å². The Morgan fingerprint density at radius 3 is 1.74 bits per heavy atom. The van der Waals surface area contributed by atoms with Gasteiger partial charge in [-0.1, -0.05) is 127 Å². The van der Waals surface area contributed by atoms with E-state index in [1.807, 2.05) is 11.3 Å². The number of hydrogen-bond acceptors (Lipinski definition) is 2. The molecule has 9 rings (SSSR count). The molecule has 0 aliphatic carbocycles. The zero-order valence-corrected chi connectivity index (χ0v) is 25.9. The van der Waals surface area contributed by atoms with Crippen LogP contribution in [0.25, 0.3) is 64.0 Å². The first kappa shape index (κ1) is 26.7. The van der Waals surface area contributed by atoms with Crippen LogP contribution < -0.4 is 4.90 Å². The Kier molecular flexibility index (Phi) is 6.40. The minimum Gasteiger partial charge on any atom is -0.311 e. The molecule has 9 aromatic rings. The molecule has 0 aliphatic rings. The molecule has 0 spiro atoms. The summed E-state index contributed by atoms with van der Waals surface area (Å²) < 4.78 is 2.70. The first-order valence-electron chi connectivity index (χ1n) is 15.7. The van der Waals surface area contributed by atoms with Gasteiger partial charge in [-0.2, -0.15) is 0 Å². The van der Waals surface area contributed by atoms with Crippen molar-refractivity contribution >= 4 is 70.1 Å². The van der Waals surface area contributed by atoms with Crippen molar-refractivity contribution in [1.82, 2.24) is 0 Å². The van der Waals surface area contributed by atoms with Crippen LogP contribution in [0.2, 0.25) is 0 Å². The van der Waals surface area contributed by atoms with Crippen molar-refractivity contribution in [3.05, 3.63) is 176 Å². The number of thiophene rings is 1. The summed E-state index contributed by atoms with van der Waals surface area (Å²) in [5, 5.41) is 7.81. The highest BCUT2D eigenvalue weighted by atomic mass is 32.1. The van der Waals surface area contributed by atoms with Gasteiger partial charge in [0.1, 0.15) is 0 Å². The van der Waals surface area contributed by atoms with Crippen LogP contribution in [0.4, 0.5) is 17.1 Å². The molecule has 0 fully saturated rings. The van der Waals surface area contributed by atoms with Crippen LogP contribution in [0.15, 0.2) is 176 Å². The zero-order valence-electron chi connectivity index (χ0n) is 25.1. The number of anilines is 3. The summed E-state index contributed by atoms with van der Waals surface area (Å²) >= 11 is 1.89. The summed E-state index contributed by atoms with van der Waals surface area (Å²) in [5.74, 6) is 0. The van der Waals surface area contributed by atoms with Gasteiger partial charge in [-0.05, 0) is 86.9 Å². The van der Waals surface area contributed by atoms with Gasteiger partial charge >= 0.3 is 0 Å². The van der Waals surface area contributed by atoms with Crippen molar-refractivity contribution in [2.45, 2.75) is 0 Å². The Balaban J connectivity index is 1.09. The van der Waals surface area contributed by atoms with Gasteiger partial charge in [0, 0.05) is 42.6 Å². The average molecular weight is 604 g/mol. The van der Waals surface area contributed by atoms with E-state index in [0.29, 0.717) is 0 Å². The molecule has 8 aromatic carbocycles. The van der Waals surface area contributed by atoms with Gasteiger partial charge in [-0.3, -0.25) is 0 Å². The number of nitrogens with zero attached hydrogens (tertiary/aromatic N) is 1. The van der Waals surface area contributed by atoms with Crippen molar-refractivity contribution in [2.75, 3.05) is 4.90 Å². The van der Waals surface area contributed by atoms with Crippen LogP contribution >= 0.6 is 11.3 Å². The molecular weight excluding hydrogens is 575 g/mol. The van der Waals surface area contributed by atoms with E-state index in [9.17, 15) is 0 Å². The second-order valence-corrected chi connectivity index (χ2v) is 12.8. The lowest BCUT2D eigenvalue weighted by molar-refractivity contribution is 1.28. The molecule has 0 bridgehead atoms. The summed E-state index contributed by atoms with van der Waals surface area (Å²) in [4.78, 5) is 2.33. The largest absolute Gasteiger partial charge is 0.311 e. The third kappa shape index (κ3) is 4.54. The van der Waals surface area contributed by atoms with E-state index in [2.05, 4.69) is 181 Å². The molecule has 0 unspecified atom stereocenters. The molecule has 216 valence electrons. The molecule has 2 heteroatoms. The van der Waals surface area contributed by atoms with Gasteiger partial charge < -0.3 is 4.90 Å². The minimum absolute atomic E-state index is 1.13. The Morgan fingerprint density at radius 2 is 0.935 bits per heavy atom. The van der Waals surface area contributed by atoms with E-state index >= 15 is 0 Å². The van der Waals surface area contributed by atoms with Crippen LogP contribution in [-0.2, 0) is 0 Å². The van der Waals surface area contributed by atoms with Crippen molar-refractivity contribution in [2.24, 2.45) is 0 Å². The second kappa shape index (κ2) is 11.0. The number of fused-ring (bicyclic) bond motifs is 6. The summed E-state index contributed by atoms with van der Waals surface area (Å²) in [7, 11) is 0. The van der Waals surface area contributed by atoms with Gasteiger partial charge in [0.15, 0.2) is 0 Å². The highest BCUT2D eigenvalue weighted by molar-refractivity contribution is 7.26. The van der Waals surface area contributed by atoms with E-state index in [0.717, 1.165) is 17.1 Å². The van der Waals surface area contributed by atoms with Crippen molar-refractivity contribution in [3.8, 4) is 22.3 Å². The third-order valence-electron chi connectivity index (χ3n) is 9.06. The fourth-order valence-corrected chi connectivity index (χ4v) is 8.01. The lowest BCUT2D eigenvalue weighted by Gasteiger charge is -2.26. The van der Waals surface area contributed by atoms with Crippen LogP contribution in [0, 0.1) is 0 Å². The van der Waals surface area contributed by atoms with E-state index < -0.39 is 0 Å². The van der Waals surface area contributed by atoms with Crippen molar-refractivity contribution in [3.63, 3.8) is 0 Å². The van der Waals surface area contributed by atoms with Crippen LogP contribution in [-0.4, -0.2) is 0 Å². The number of para-hydroxylation sites is 1. The molecular formula is C44H29NS. The Labute approximate surface area is 272 Å². The predicted molar refractivity (Wildman–Crippen MR) is 200 cm³/mol. The second-order valence-electron chi connectivity index (χ2n) is 11.8. The number of benzene rings is 8. The highest BCUT2D eigenvalue weighted by Gasteiger charge is 2.15. The van der Waals surface area contributed by atoms with E-state index in [4.69, 9.17) is 0 Å². The lowest BCUT2D eigenvalue weighted by Crippen LogP contribution is -2.09. The minimum atomic E-state index is 1.13. The standard InChI is InChI=1S/C44H29NS/c1-2-11-35(12-3-1)45(36-23-19-31(20-24-36)34-18-17-30-9-4-5-10-33(30)29-34)37-25-21-32(22-26-37)38-14-8-15-41-39(38)27-28-42-40-13-6-7-16-43(40)46-44(41)42/h1-29H. The molecule has 0 aliphatic heterocycles. The number of hydrogen-bond donors (Lipinski definition) is 0. The molecule has 46 heavy (non-hydrogen) atoms. The molecule has 0 N–H and O–H groups in total. The van der Waals surface area contributed by atoms with Gasteiger partial charge in [0.05, 0.1) is 0 Å². The zero-order chi connectivity index (χ0) is 30.5. The summed E-state index contributed by atoms with van der Waals surface area (Å²) in [6, 6.07) is 63.8. The molecule has 1 heterocycles. The molecule has 0 saturated heterocycles. The normalized spacial score (nSPS) is 11.5. The third-order valence-corrected chi connectivity index (χ3v) is 10.3. The van der Waals surface area contributed by atoms with Gasteiger partial charge in [-0.25, -0.2) is 0 Å². The first-order valence-corrected chi connectivity index (χ1v) is 16.5. The van der Waals surface area contributed by atoms with Gasteiger partial charge in [0.2, 0.25) is 0 Å². The fraction of sp³-hybridized carbons (Fsp3) is 0. The molecule has 1 nitrogen and oxygen atoms in total. The van der Waals surface area contributed by atoms with Gasteiger partial charge in [-0.15, -0.1) is 11.3 Å². The molecule has 0 amide bonds. The maximum Gasteiger partial charge on any atom is 0.0462 e. The monoisotopic (exact) mass is 603 g/mol. The van der Waals surface area contributed by atoms with Crippen LogP contribution in [0.5, 0.6) is 0 Å². The highest BCUT2D eigenvalue weighted by Crippen LogP contribution is 2.42. The Hall–Kier alpha value is -5.70. The summed E-state index contributed by atoms with van der Waals surface area (Å²) in [5.41, 5.74) is 8.29. The van der Waals surface area contributed by atoms with Gasteiger partial charge in [0.25, 0.3) is 0 Å². The van der Waals surface area contributed by atoms with Crippen molar-refractivity contribution in [1.29, 1.82) is 0 Å². The first-order chi connectivity index (χ1) is 22.8. The topological polar surface area (TPSA) is 3.24 Å². The molecule has 0 radical (unpaired) electrons. The fourth-order valence-electron chi connectivity index (χ4n) is 6.78. The Bertz CT molecular complexity index is 2510. The molecule has 0 atom stereocenters.